The Hall–Kier alpha value is -4.64. The first-order valence-corrected chi connectivity index (χ1v) is 11.5. The summed E-state index contributed by atoms with van der Waals surface area (Å²) in [4.78, 5) is 39.3. The number of fused-ring (bicyclic) bond motifs is 1. The SMILES string of the molecule is COC(=O)C(C(C)C)N1Cc2ccc(-c3ccc(NC(=O)Nc4ccc(C#N)cc4)cc3)cc2C1=O. The molecule has 3 aromatic rings. The highest BCUT2D eigenvalue weighted by molar-refractivity contribution is 6.02. The van der Waals surface area contributed by atoms with Crippen molar-refractivity contribution in [2.75, 3.05) is 17.7 Å². The highest BCUT2D eigenvalue weighted by Crippen LogP contribution is 2.32. The number of nitriles is 1. The maximum absolute atomic E-state index is 13.2. The second kappa shape index (κ2) is 10.3. The summed E-state index contributed by atoms with van der Waals surface area (Å²) in [7, 11) is 1.33. The van der Waals surface area contributed by atoms with Crippen LogP contribution in [0.4, 0.5) is 16.2 Å². The number of nitrogens with one attached hydrogen (secondary N) is 2. The van der Waals surface area contributed by atoms with Gasteiger partial charge in [-0.15, -0.1) is 0 Å². The molecule has 1 unspecified atom stereocenters. The topological polar surface area (TPSA) is 112 Å². The number of esters is 1. The van der Waals surface area contributed by atoms with Crippen molar-refractivity contribution in [3.63, 3.8) is 0 Å². The van der Waals surface area contributed by atoms with Gasteiger partial charge in [0.2, 0.25) is 0 Å². The van der Waals surface area contributed by atoms with Crippen LogP contribution in [0.5, 0.6) is 0 Å². The zero-order valence-electron chi connectivity index (χ0n) is 20.2. The molecule has 0 saturated carbocycles. The normalized spacial score (nSPS) is 13.1. The van der Waals surface area contributed by atoms with E-state index in [1.165, 1.54) is 7.11 Å². The van der Waals surface area contributed by atoms with Gasteiger partial charge < -0.3 is 20.3 Å². The number of rotatable bonds is 6. The van der Waals surface area contributed by atoms with Gasteiger partial charge in [-0.05, 0) is 65.1 Å². The van der Waals surface area contributed by atoms with Crippen LogP contribution in [0.15, 0.2) is 66.7 Å². The van der Waals surface area contributed by atoms with Crippen molar-refractivity contribution in [3.05, 3.63) is 83.4 Å². The Bertz CT molecular complexity index is 1340. The van der Waals surface area contributed by atoms with Crippen LogP contribution >= 0.6 is 0 Å². The van der Waals surface area contributed by atoms with E-state index in [-0.39, 0.29) is 11.8 Å². The molecular weight excluding hydrogens is 456 g/mol. The summed E-state index contributed by atoms with van der Waals surface area (Å²) < 4.78 is 4.93. The highest BCUT2D eigenvalue weighted by atomic mass is 16.5. The van der Waals surface area contributed by atoms with Crippen LogP contribution in [0.2, 0.25) is 0 Å². The summed E-state index contributed by atoms with van der Waals surface area (Å²) >= 11 is 0. The number of anilines is 2. The van der Waals surface area contributed by atoms with Gasteiger partial charge in [-0.2, -0.15) is 5.26 Å². The lowest BCUT2D eigenvalue weighted by Crippen LogP contribution is -2.45. The first-order chi connectivity index (χ1) is 17.3. The van der Waals surface area contributed by atoms with Gasteiger partial charge in [0.1, 0.15) is 6.04 Å². The standard InChI is InChI=1S/C28H26N4O4/c1-17(2)25(27(34)36-3)32-16-21-7-6-20(14-24(21)26(32)33)19-8-12-23(13-9-19)31-28(35)30-22-10-4-18(15-29)5-11-22/h4-14,17,25H,16H2,1-3H3,(H2,30,31,35). The second-order valence-electron chi connectivity index (χ2n) is 8.86. The smallest absolute Gasteiger partial charge is 0.328 e. The Labute approximate surface area is 209 Å². The predicted octanol–water partition coefficient (Wildman–Crippen LogP) is 5.02. The van der Waals surface area contributed by atoms with Crippen LogP contribution in [-0.2, 0) is 16.1 Å². The molecule has 1 heterocycles. The molecule has 0 radical (unpaired) electrons. The van der Waals surface area contributed by atoms with Crippen molar-refractivity contribution >= 4 is 29.3 Å². The number of hydrogen-bond donors (Lipinski definition) is 2. The minimum atomic E-state index is -0.640. The lowest BCUT2D eigenvalue weighted by molar-refractivity contribution is -0.147. The third-order valence-corrected chi connectivity index (χ3v) is 6.10. The van der Waals surface area contributed by atoms with Crippen molar-refractivity contribution in [2.45, 2.75) is 26.4 Å². The molecule has 182 valence electrons. The molecule has 2 N–H and O–H groups in total. The van der Waals surface area contributed by atoms with E-state index in [2.05, 4.69) is 10.6 Å². The van der Waals surface area contributed by atoms with Gasteiger partial charge in [-0.3, -0.25) is 4.79 Å². The van der Waals surface area contributed by atoms with Crippen LogP contribution in [0.25, 0.3) is 11.1 Å². The molecule has 0 bridgehead atoms. The molecule has 1 aliphatic rings. The van der Waals surface area contributed by atoms with E-state index in [4.69, 9.17) is 10.00 Å². The third kappa shape index (κ3) is 5.05. The summed E-state index contributed by atoms with van der Waals surface area (Å²) in [5.74, 6) is -0.685. The molecule has 36 heavy (non-hydrogen) atoms. The van der Waals surface area contributed by atoms with Gasteiger partial charge in [0, 0.05) is 23.5 Å². The molecule has 3 aromatic carbocycles. The molecule has 8 nitrogen and oxygen atoms in total. The van der Waals surface area contributed by atoms with E-state index < -0.39 is 18.0 Å². The van der Waals surface area contributed by atoms with Gasteiger partial charge >= 0.3 is 12.0 Å². The minimum absolute atomic E-state index is 0.0793. The summed E-state index contributed by atoms with van der Waals surface area (Å²) in [6.45, 7) is 4.15. The van der Waals surface area contributed by atoms with Crippen LogP contribution < -0.4 is 10.6 Å². The lowest BCUT2D eigenvalue weighted by Gasteiger charge is -2.28. The molecule has 8 heteroatoms. The number of nitrogens with zero attached hydrogens (tertiary/aromatic N) is 2. The zero-order valence-corrected chi connectivity index (χ0v) is 20.2. The van der Waals surface area contributed by atoms with E-state index >= 15 is 0 Å². The predicted molar refractivity (Wildman–Crippen MR) is 136 cm³/mol. The number of hydrogen-bond acceptors (Lipinski definition) is 5. The van der Waals surface area contributed by atoms with Crippen LogP contribution in [0, 0.1) is 17.2 Å². The Morgan fingerprint density at radius 1 is 0.944 bits per heavy atom. The van der Waals surface area contributed by atoms with Crippen molar-refractivity contribution in [1.82, 2.24) is 4.90 Å². The molecule has 1 aliphatic heterocycles. The average Bonchev–Trinajstić information content (AvgIpc) is 3.19. The summed E-state index contributed by atoms with van der Waals surface area (Å²) in [5.41, 5.74) is 4.88. The molecule has 0 spiro atoms. The van der Waals surface area contributed by atoms with Gasteiger partial charge in [0.15, 0.2) is 0 Å². The van der Waals surface area contributed by atoms with E-state index in [0.29, 0.717) is 29.0 Å². The summed E-state index contributed by atoms with van der Waals surface area (Å²) in [6.07, 6.45) is 0. The molecule has 0 aliphatic carbocycles. The van der Waals surface area contributed by atoms with Gasteiger partial charge in [0.25, 0.3) is 5.91 Å². The average molecular weight is 483 g/mol. The van der Waals surface area contributed by atoms with E-state index in [1.807, 2.05) is 50.2 Å². The van der Waals surface area contributed by atoms with Crippen LogP contribution in [0.3, 0.4) is 0 Å². The molecular formula is C28H26N4O4. The number of benzene rings is 3. The Kier molecular flexibility index (Phi) is 7.02. The van der Waals surface area contributed by atoms with E-state index in [9.17, 15) is 14.4 Å². The van der Waals surface area contributed by atoms with Crippen molar-refractivity contribution in [2.24, 2.45) is 5.92 Å². The summed E-state index contributed by atoms with van der Waals surface area (Å²) in [6, 6.07) is 20.5. The first kappa shape index (κ1) is 24.5. The number of ether oxygens (including phenoxy) is 1. The van der Waals surface area contributed by atoms with E-state index in [1.54, 1.807) is 41.3 Å². The van der Waals surface area contributed by atoms with Gasteiger partial charge in [0.05, 0.1) is 18.7 Å². The number of amides is 3. The highest BCUT2D eigenvalue weighted by Gasteiger charge is 2.38. The zero-order chi connectivity index (χ0) is 25.8. The fraction of sp³-hybridized carbons (Fsp3) is 0.214. The number of urea groups is 1. The first-order valence-electron chi connectivity index (χ1n) is 11.5. The number of methoxy groups -OCH3 is 1. The fourth-order valence-corrected chi connectivity index (χ4v) is 4.28. The molecule has 4 rings (SSSR count). The second-order valence-corrected chi connectivity index (χ2v) is 8.86. The minimum Gasteiger partial charge on any atom is -0.467 e. The monoisotopic (exact) mass is 482 g/mol. The molecule has 1 atom stereocenters. The van der Waals surface area contributed by atoms with Crippen LogP contribution in [-0.4, -0.2) is 36.0 Å². The number of carbonyl (C=O) groups excluding carboxylic acids is 3. The Morgan fingerprint density at radius 3 is 2.08 bits per heavy atom. The molecule has 0 fully saturated rings. The van der Waals surface area contributed by atoms with Crippen molar-refractivity contribution in [1.29, 1.82) is 5.26 Å². The lowest BCUT2D eigenvalue weighted by atomic mass is 10.00. The largest absolute Gasteiger partial charge is 0.467 e. The maximum atomic E-state index is 13.2. The van der Waals surface area contributed by atoms with Gasteiger partial charge in [-0.25, -0.2) is 9.59 Å². The molecule has 0 aromatic heterocycles. The maximum Gasteiger partial charge on any atom is 0.328 e. The van der Waals surface area contributed by atoms with Crippen LogP contribution in [0.1, 0.15) is 35.3 Å². The Morgan fingerprint density at radius 2 is 1.53 bits per heavy atom. The van der Waals surface area contributed by atoms with Crippen molar-refractivity contribution < 1.29 is 19.1 Å². The van der Waals surface area contributed by atoms with Crippen molar-refractivity contribution in [3.8, 4) is 17.2 Å². The quantitative estimate of drug-likeness (QED) is 0.479. The third-order valence-electron chi connectivity index (χ3n) is 6.10. The van der Waals surface area contributed by atoms with E-state index in [0.717, 1.165) is 16.7 Å². The Balaban J connectivity index is 1.45. The number of carbonyl (C=O) groups is 3. The summed E-state index contributed by atoms with van der Waals surface area (Å²) in [5, 5.41) is 14.4. The fourth-order valence-electron chi connectivity index (χ4n) is 4.28. The molecule has 3 amide bonds. The molecule has 0 saturated heterocycles. The van der Waals surface area contributed by atoms with Gasteiger partial charge in [-0.1, -0.05) is 38.1 Å².